The highest BCUT2D eigenvalue weighted by atomic mass is 35.5. The summed E-state index contributed by atoms with van der Waals surface area (Å²) in [4.78, 5) is 16.5. The minimum absolute atomic E-state index is 0.0683. The lowest BCUT2D eigenvalue weighted by Gasteiger charge is -2.15. The van der Waals surface area contributed by atoms with Gasteiger partial charge in [0, 0.05) is 18.7 Å². The van der Waals surface area contributed by atoms with E-state index in [-0.39, 0.29) is 5.91 Å². The zero-order chi connectivity index (χ0) is 15.3. The summed E-state index contributed by atoms with van der Waals surface area (Å²) in [5, 5.41) is 6.55. The molecule has 2 rings (SSSR count). The first-order valence-electron chi connectivity index (χ1n) is 7.78. The van der Waals surface area contributed by atoms with E-state index in [9.17, 15) is 4.79 Å². The lowest BCUT2D eigenvalue weighted by molar-refractivity contribution is 0.0943. The molecule has 0 aromatic carbocycles. The number of amides is 1. The van der Waals surface area contributed by atoms with Crippen LogP contribution in [0.1, 0.15) is 56.3 Å². The van der Waals surface area contributed by atoms with E-state index in [4.69, 9.17) is 11.6 Å². The molecule has 0 saturated heterocycles. The Balaban J connectivity index is 1.96. The Hall–Kier alpha value is -1.29. The summed E-state index contributed by atoms with van der Waals surface area (Å²) in [5.41, 5.74) is 0.922. The zero-order valence-corrected chi connectivity index (χ0v) is 13.6. The van der Waals surface area contributed by atoms with Crippen LogP contribution in [0.2, 0.25) is 5.15 Å². The molecule has 0 unspecified atom stereocenters. The van der Waals surface area contributed by atoms with E-state index < -0.39 is 0 Å². The molecule has 1 aliphatic carbocycles. The van der Waals surface area contributed by atoms with Crippen LogP contribution in [0.4, 0.5) is 5.82 Å². The van der Waals surface area contributed by atoms with Gasteiger partial charge in [-0.25, -0.2) is 4.98 Å². The molecule has 0 radical (unpaired) electrons. The second-order valence-corrected chi connectivity index (χ2v) is 6.31. The summed E-state index contributed by atoms with van der Waals surface area (Å²) in [5.74, 6) is 0.588. The van der Waals surface area contributed by atoms with Crippen LogP contribution in [-0.4, -0.2) is 24.0 Å². The van der Waals surface area contributed by atoms with Gasteiger partial charge in [-0.3, -0.25) is 4.79 Å². The maximum absolute atomic E-state index is 12.3. The van der Waals surface area contributed by atoms with Crippen LogP contribution in [-0.2, 0) is 0 Å². The van der Waals surface area contributed by atoms with Crippen LogP contribution in [0.3, 0.4) is 0 Å². The van der Waals surface area contributed by atoms with Crippen molar-refractivity contribution >= 4 is 23.3 Å². The smallest absolute Gasteiger partial charge is 0.251 e. The summed E-state index contributed by atoms with van der Waals surface area (Å²) >= 11 is 5.99. The molecule has 1 saturated carbocycles. The van der Waals surface area contributed by atoms with Crippen molar-refractivity contribution in [1.82, 2.24) is 10.3 Å². The average molecular weight is 310 g/mol. The molecule has 1 aromatic rings. The molecule has 1 fully saturated rings. The molecular weight excluding hydrogens is 286 g/mol. The molecule has 1 aliphatic rings. The number of hydrogen-bond acceptors (Lipinski definition) is 3. The van der Waals surface area contributed by atoms with Gasteiger partial charge in [-0.2, -0.15) is 0 Å². The molecule has 4 nitrogen and oxygen atoms in total. The lowest BCUT2D eigenvalue weighted by Crippen LogP contribution is -2.30. The monoisotopic (exact) mass is 309 g/mol. The van der Waals surface area contributed by atoms with Crippen molar-refractivity contribution in [1.29, 1.82) is 0 Å². The number of hydrogen-bond donors (Lipinski definition) is 2. The third-order valence-corrected chi connectivity index (χ3v) is 4.17. The minimum Gasteiger partial charge on any atom is -0.370 e. The first kappa shape index (κ1) is 16.1. The third kappa shape index (κ3) is 4.60. The summed E-state index contributed by atoms with van der Waals surface area (Å²) in [7, 11) is 0. The number of carbonyl (C=O) groups excluding carboxylic acids is 1. The van der Waals surface area contributed by atoms with Crippen molar-refractivity contribution in [3.63, 3.8) is 0 Å². The van der Waals surface area contributed by atoms with E-state index in [1.165, 1.54) is 25.7 Å². The molecule has 2 N–H and O–H groups in total. The zero-order valence-electron chi connectivity index (χ0n) is 12.8. The number of pyridine rings is 1. The van der Waals surface area contributed by atoms with E-state index in [0.717, 1.165) is 19.5 Å². The predicted octanol–water partition coefficient (Wildman–Crippen LogP) is 3.87. The Bertz CT molecular complexity index is 500. The summed E-state index contributed by atoms with van der Waals surface area (Å²) in [6.07, 6.45) is 5.80. The van der Waals surface area contributed by atoms with Gasteiger partial charge in [-0.15, -0.1) is 0 Å². The molecule has 0 atom stereocenters. The SMILES string of the molecule is CCCNc1cc(C(=O)NCC2(CCC)CC2)cc(Cl)n1. The number of anilines is 1. The summed E-state index contributed by atoms with van der Waals surface area (Å²) < 4.78 is 0. The van der Waals surface area contributed by atoms with E-state index in [1.54, 1.807) is 12.1 Å². The molecule has 0 bridgehead atoms. The Labute approximate surface area is 131 Å². The van der Waals surface area contributed by atoms with Crippen LogP contribution >= 0.6 is 11.6 Å². The van der Waals surface area contributed by atoms with Gasteiger partial charge in [-0.05, 0) is 43.2 Å². The summed E-state index contributed by atoms with van der Waals surface area (Å²) in [6.45, 7) is 5.84. The number of nitrogens with zero attached hydrogens (tertiary/aromatic N) is 1. The quantitative estimate of drug-likeness (QED) is 0.717. The predicted molar refractivity (Wildman–Crippen MR) is 86.9 cm³/mol. The van der Waals surface area contributed by atoms with Crippen molar-refractivity contribution < 1.29 is 4.79 Å². The number of carbonyl (C=O) groups is 1. The summed E-state index contributed by atoms with van der Waals surface area (Å²) in [6, 6.07) is 3.38. The van der Waals surface area contributed by atoms with Gasteiger partial charge in [0.05, 0.1) is 0 Å². The molecule has 0 aliphatic heterocycles. The van der Waals surface area contributed by atoms with E-state index in [0.29, 0.717) is 21.9 Å². The van der Waals surface area contributed by atoms with Gasteiger partial charge in [-0.1, -0.05) is 31.9 Å². The third-order valence-electron chi connectivity index (χ3n) is 3.97. The Morgan fingerprint density at radius 1 is 1.33 bits per heavy atom. The van der Waals surface area contributed by atoms with E-state index >= 15 is 0 Å². The van der Waals surface area contributed by atoms with Gasteiger partial charge >= 0.3 is 0 Å². The Kier molecular flexibility index (Phi) is 5.45. The van der Waals surface area contributed by atoms with Gasteiger partial charge in [0.1, 0.15) is 11.0 Å². The number of rotatable bonds is 8. The largest absolute Gasteiger partial charge is 0.370 e. The van der Waals surface area contributed by atoms with Crippen LogP contribution in [0.25, 0.3) is 0 Å². The highest BCUT2D eigenvalue weighted by Gasteiger charge is 2.41. The fraction of sp³-hybridized carbons (Fsp3) is 0.625. The number of nitrogens with one attached hydrogen (secondary N) is 2. The molecule has 1 aromatic heterocycles. The fourth-order valence-electron chi connectivity index (χ4n) is 2.56. The van der Waals surface area contributed by atoms with Crippen molar-refractivity contribution in [2.45, 2.75) is 46.0 Å². The second-order valence-electron chi connectivity index (χ2n) is 5.92. The van der Waals surface area contributed by atoms with Crippen molar-refractivity contribution in [3.8, 4) is 0 Å². The molecular formula is C16H24ClN3O. The normalized spacial score (nSPS) is 15.6. The van der Waals surface area contributed by atoms with Crippen LogP contribution in [0.15, 0.2) is 12.1 Å². The average Bonchev–Trinajstić information content (AvgIpc) is 3.22. The molecule has 0 spiro atoms. The highest BCUT2D eigenvalue weighted by Crippen LogP contribution is 2.48. The molecule has 1 amide bonds. The van der Waals surface area contributed by atoms with Crippen molar-refractivity contribution in [2.75, 3.05) is 18.4 Å². The van der Waals surface area contributed by atoms with Gasteiger partial charge in [0.15, 0.2) is 0 Å². The molecule has 1 heterocycles. The maximum atomic E-state index is 12.3. The molecule has 5 heteroatoms. The standard InChI is InChI=1S/C16H24ClN3O/c1-3-5-16(6-7-16)11-19-15(21)12-9-13(17)20-14(10-12)18-8-4-2/h9-10H,3-8,11H2,1-2H3,(H,18,20)(H,19,21). The topological polar surface area (TPSA) is 54.0 Å². The van der Waals surface area contributed by atoms with Crippen LogP contribution < -0.4 is 10.6 Å². The second kappa shape index (κ2) is 7.12. The Morgan fingerprint density at radius 3 is 2.71 bits per heavy atom. The highest BCUT2D eigenvalue weighted by molar-refractivity contribution is 6.29. The van der Waals surface area contributed by atoms with E-state index in [1.807, 2.05) is 0 Å². The van der Waals surface area contributed by atoms with Crippen LogP contribution in [0, 0.1) is 5.41 Å². The fourth-order valence-corrected chi connectivity index (χ4v) is 2.77. The first-order chi connectivity index (χ1) is 10.1. The lowest BCUT2D eigenvalue weighted by atomic mass is 10.0. The number of aromatic nitrogens is 1. The van der Waals surface area contributed by atoms with Crippen molar-refractivity contribution in [3.05, 3.63) is 22.8 Å². The van der Waals surface area contributed by atoms with Crippen molar-refractivity contribution in [2.24, 2.45) is 5.41 Å². The Morgan fingerprint density at radius 2 is 2.10 bits per heavy atom. The molecule has 21 heavy (non-hydrogen) atoms. The number of halogens is 1. The van der Waals surface area contributed by atoms with E-state index in [2.05, 4.69) is 29.5 Å². The van der Waals surface area contributed by atoms with Gasteiger partial charge in [0.2, 0.25) is 0 Å². The van der Waals surface area contributed by atoms with Gasteiger partial charge in [0.25, 0.3) is 5.91 Å². The molecule has 116 valence electrons. The minimum atomic E-state index is -0.0683. The van der Waals surface area contributed by atoms with Crippen LogP contribution in [0.5, 0.6) is 0 Å². The van der Waals surface area contributed by atoms with Gasteiger partial charge < -0.3 is 10.6 Å². The maximum Gasteiger partial charge on any atom is 0.251 e. The first-order valence-corrected chi connectivity index (χ1v) is 8.16.